The Morgan fingerprint density at radius 2 is 1.30 bits per heavy atom. The Morgan fingerprint density at radius 1 is 0.783 bits per heavy atom. The van der Waals surface area contributed by atoms with Crippen LogP contribution < -0.4 is 0 Å². The topological polar surface area (TPSA) is 26.3 Å². The van der Waals surface area contributed by atoms with E-state index in [0.717, 1.165) is 12.8 Å². The molecule has 0 spiro atoms. The van der Waals surface area contributed by atoms with Crippen LogP contribution in [0.5, 0.6) is 0 Å². The number of allylic oxidation sites excluding steroid dienone is 2. The molecule has 0 aliphatic rings. The number of hydrogen-bond acceptors (Lipinski definition) is 2. The molecule has 136 valence electrons. The summed E-state index contributed by atoms with van der Waals surface area (Å²) in [6.45, 7) is 4.56. The lowest BCUT2D eigenvalue weighted by Crippen LogP contribution is -1.99. The number of unbranched alkanes of at least 4 members (excludes halogenated alkanes) is 11. The predicted octanol–water partition coefficient (Wildman–Crippen LogP) is 6.98. The molecule has 0 N–H and O–H groups in total. The fourth-order valence-corrected chi connectivity index (χ4v) is 2.86. The monoisotopic (exact) mass is 324 g/mol. The largest absolute Gasteiger partial charge is 0.469 e. The van der Waals surface area contributed by atoms with Gasteiger partial charge in [-0.05, 0) is 39.0 Å². The minimum atomic E-state index is -0.0706. The van der Waals surface area contributed by atoms with E-state index >= 15 is 0 Å². The summed E-state index contributed by atoms with van der Waals surface area (Å²) in [5.41, 5.74) is 1.59. The number of esters is 1. The van der Waals surface area contributed by atoms with Crippen LogP contribution in [-0.2, 0) is 9.53 Å². The Morgan fingerprint density at radius 3 is 1.91 bits per heavy atom. The third-order valence-corrected chi connectivity index (χ3v) is 4.48. The van der Waals surface area contributed by atoms with Gasteiger partial charge in [0.2, 0.25) is 0 Å². The molecule has 0 bridgehead atoms. The van der Waals surface area contributed by atoms with Gasteiger partial charge >= 0.3 is 5.97 Å². The normalized spacial score (nSPS) is 11.7. The van der Waals surface area contributed by atoms with Gasteiger partial charge in [0.15, 0.2) is 0 Å². The molecule has 0 aromatic heterocycles. The lowest BCUT2D eigenvalue weighted by atomic mass is 10.0. The van der Waals surface area contributed by atoms with Gasteiger partial charge in [0, 0.05) is 6.42 Å². The molecule has 0 heterocycles. The molecule has 0 fully saturated rings. The molecule has 0 aromatic rings. The van der Waals surface area contributed by atoms with Crippen molar-refractivity contribution in [3.8, 4) is 0 Å². The zero-order valence-electron chi connectivity index (χ0n) is 16.0. The van der Waals surface area contributed by atoms with Gasteiger partial charge in [-0.2, -0.15) is 0 Å². The van der Waals surface area contributed by atoms with Crippen molar-refractivity contribution in [3.05, 3.63) is 11.6 Å². The summed E-state index contributed by atoms with van der Waals surface area (Å²) in [6.07, 6.45) is 21.2. The van der Waals surface area contributed by atoms with Crippen molar-refractivity contribution < 1.29 is 9.53 Å². The second-order valence-electron chi connectivity index (χ2n) is 6.80. The van der Waals surface area contributed by atoms with E-state index in [-0.39, 0.29) is 5.97 Å². The summed E-state index contributed by atoms with van der Waals surface area (Å²) >= 11 is 0. The molecule has 0 saturated heterocycles. The average Bonchev–Trinajstić information content (AvgIpc) is 2.56. The lowest BCUT2D eigenvalue weighted by molar-refractivity contribution is -0.140. The van der Waals surface area contributed by atoms with Crippen molar-refractivity contribution in [2.45, 2.75) is 110 Å². The maximum Gasteiger partial charge on any atom is 0.305 e. The predicted molar refractivity (Wildman–Crippen MR) is 101 cm³/mol. The van der Waals surface area contributed by atoms with Crippen LogP contribution in [0.1, 0.15) is 110 Å². The third-order valence-electron chi connectivity index (χ3n) is 4.48. The van der Waals surface area contributed by atoms with E-state index in [9.17, 15) is 4.79 Å². The zero-order valence-corrected chi connectivity index (χ0v) is 16.0. The first-order valence-corrected chi connectivity index (χ1v) is 9.93. The smallest absolute Gasteiger partial charge is 0.305 e. The lowest BCUT2D eigenvalue weighted by Gasteiger charge is -2.03. The molecule has 0 aliphatic heterocycles. The van der Waals surface area contributed by atoms with Crippen molar-refractivity contribution >= 4 is 5.97 Å². The fourth-order valence-electron chi connectivity index (χ4n) is 2.86. The molecule has 0 atom stereocenters. The van der Waals surface area contributed by atoms with Crippen molar-refractivity contribution in [2.24, 2.45) is 0 Å². The van der Waals surface area contributed by atoms with Gasteiger partial charge in [-0.15, -0.1) is 0 Å². The maximum absolute atomic E-state index is 11.0. The van der Waals surface area contributed by atoms with Crippen LogP contribution in [0.15, 0.2) is 11.6 Å². The van der Waals surface area contributed by atoms with Crippen LogP contribution in [0.4, 0.5) is 0 Å². The van der Waals surface area contributed by atoms with Gasteiger partial charge in [-0.3, -0.25) is 4.79 Å². The number of carbonyl (C=O) groups excluding carboxylic acids is 1. The summed E-state index contributed by atoms with van der Waals surface area (Å²) in [7, 11) is 1.46. The number of ether oxygens (including phenoxy) is 1. The highest BCUT2D eigenvalue weighted by molar-refractivity contribution is 5.68. The summed E-state index contributed by atoms with van der Waals surface area (Å²) in [6, 6.07) is 0. The molecule has 0 aliphatic carbocycles. The van der Waals surface area contributed by atoms with Gasteiger partial charge < -0.3 is 4.74 Å². The van der Waals surface area contributed by atoms with Crippen LogP contribution in [0.25, 0.3) is 0 Å². The van der Waals surface area contributed by atoms with Gasteiger partial charge in [0.05, 0.1) is 7.11 Å². The Balaban J connectivity index is 3.24. The second kappa shape index (κ2) is 17.6. The number of carbonyl (C=O) groups is 1. The molecule has 0 saturated carbocycles. The molecule has 0 unspecified atom stereocenters. The second-order valence-corrected chi connectivity index (χ2v) is 6.80. The first kappa shape index (κ1) is 22.2. The summed E-state index contributed by atoms with van der Waals surface area (Å²) in [5, 5.41) is 0. The minimum Gasteiger partial charge on any atom is -0.469 e. The van der Waals surface area contributed by atoms with Crippen LogP contribution in [0.3, 0.4) is 0 Å². The van der Waals surface area contributed by atoms with Crippen LogP contribution >= 0.6 is 0 Å². The molecule has 0 amide bonds. The molecule has 0 radical (unpaired) electrons. The van der Waals surface area contributed by atoms with Gasteiger partial charge in [0.1, 0.15) is 0 Å². The zero-order chi connectivity index (χ0) is 17.2. The van der Waals surface area contributed by atoms with Crippen molar-refractivity contribution in [3.63, 3.8) is 0 Å². The van der Waals surface area contributed by atoms with E-state index < -0.39 is 0 Å². The molecular weight excluding hydrogens is 284 g/mol. The molecule has 23 heavy (non-hydrogen) atoms. The van der Waals surface area contributed by atoms with Gasteiger partial charge in [-0.1, -0.05) is 76.4 Å². The van der Waals surface area contributed by atoms with Crippen LogP contribution in [-0.4, -0.2) is 13.1 Å². The third kappa shape index (κ3) is 17.4. The quantitative estimate of drug-likeness (QED) is 0.174. The Kier molecular flexibility index (Phi) is 17.0. The first-order chi connectivity index (χ1) is 11.2. The van der Waals surface area contributed by atoms with Crippen molar-refractivity contribution in [2.75, 3.05) is 7.11 Å². The van der Waals surface area contributed by atoms with E-state index in [1.165, 1.54) is 84.2 Å². The van der Waals surface area contributed by atoms with E-state index in [1.54, 1.807) is 5.57 Å². The highest BCUT2D eigenvalue weighted by atomic mass is 16.5. The fraction of sp³-hybridized carbons (Fsp3) is 0.857. The molecular formula is C21H40O2. The Labute approximate surface area is 145 Å². The number of rotatable bonds is 16. The van der Waals surface area contributed by atoms with E-state index in [1.807, 2.05) is 0 Å². The summed E-state index contributed by atoms with van der Waals surface area (Å²) < 4.78 is 4.64. The van der Waals surface area contributed by atoms with Crippen molar-refractivity contribution in [1.82, 2.24) is 0 Å². The number of hydrogen-bond donors (Lipinski definition) is 0. The Bertz CT molecular complexity index is 294. The maximum atomic E-state index is 11.0. The van der Waals surface area contributed by atoms with E-state index in [2.05, 4.69) is 24.7 Å². The molecule has 0 rings (SSSR count). The molecule has 2 heteroatoms. The minimum absolute atomic E-state index is 0.0706. The molecule has 0 aromatic carbocycles. The van der Waals surface area contributed by atoms with Gasteiger partial charge in [-0.25, -0.2) is 0 Å². The first-order valence-electron chi connectivity index (χ1n) is 9.93. The van der Waals surface area contributed by atoms with Crippen LogP contribution in [0, 0.1) is 0 Å². The summed E-state index contributed by atoms with van der Waals surface area (Å²) in [5.74, 6) is -0.0706. The summed E-state index contributed by atoms with van der Waals surface area (Å²) in [4.78, 5) is 11.0. The average molecular weight is 325 g/mol. The van der Waals surface area contributed by atoms with E-state index in [4.69, 9.17) is 0 Å². The standard InChI is InChI=1S/C21H40O2/c1-4-5-6-14-17-20(2)18-15-12-10-8-7-9-11-13-16-19-21(22)23-3/h18H,4-17,19H2,1-3H3. The van der Waals surface area contributed by atoms with Gasteiger partial charge in [0.25, 0.3) is 0 Å². The highest BCUT2D eigenvalue weighted by Gasteiger charge is 1.99. The SMILES string of the molecule is CCCCCCC(C)=CCCCCCCCCCCC(=O)OC. The number of methoxy groups -OCH3 is 1. The van der Waals surface area contributed by atoms with E-state index in [0.29, 0.717) is 6.42 Å². The molecule has 2 nitrogen and oxygen atoms in total. The highest BCUT2D eigenvalue weighted by Crippen LogP contribution is 2.13. The Hall–Kier alpha value is -0.790. The van der Waals surface area contributed by atoms with Crippen molar-refractivity contribution in [1.29, 1.82) is 0 Å². The van der Waals surface area contributed by atoms with Crippen LogP contribution in [0.2, 0.25) is 0 Å².